The van der Waals surface area contributed by atoms with Crippen LogP contribution in [-0.4, -0.2) is 11.5 Å². The van der Waals surface area contributed by atoms with E-state index >= 15 is 0 Å². The van der Waals surface area contributed by atoms with Crippen molar-refractivity contribution in [3.8, 4) is 5.75 Å². The van der Waals surface area contributed by atoms with E-state index in [1.165, 1.54) is 0 Å². The van der Waals surface area contributed by atoms with E-state index in [0.29, 0.717) is 12.8 Å². The first kappa shape index (κ1) is 9.71. The van der Waals surface area contributed by atoms with E-state index < -0.39 is 11.6 Å². The van der Waals surface area contributed by atoms with Crippen molar-refractivity contribution >= 4 is 11.6 Å². The summed E-state index contributed by atoms with van der Waals surface area (Å²) in [6.45, 7) is 0. The second-order valence-electron chi connectivity index (χ2n) is 3.38. The van der Waals surface area contributed by atoms with Crippen LogP contribution in [-0.2, 0) is 0 Å². The minimum absolute atomic E-state index is 0.0291. The van der Waals surface area contributed by atoms with Gasteiger partial charge in [0.05, 0.1) is 0 Å². The topological polar surface area (TPSA) is 9.23 Å². The lowest BCUT2D eigenvalue weighted by Crippen LogP contribution is -2.34. The van der Waals surface area contributed by atoms with Gasteiger partial charge < -0.3 is 4.74 Å². The number of rotatable bonds is 2. The van der Waals surface area contributed by atoms with Gasteiger partial charge >= 0.3 is 0 Å². The Kier molecular flexibility index (Phi) is 2.59. The molecule has 1 fully saturated rings. The van der Waals surface area contributed by atoms with Crippen LogP contribution in [0.5, 0.6) is 5.75 Å². The van der Waals surface area contributed by atoms with Gasteiger partial charge in [0.15, 0.2) is 11.6 Å². The number of alkyl halides is 1. The predicted octanol–water partition coefficient (Wildman–Crippen LogP) is 3.11. The van der Waals surface area contributed by atoms with Gasteiger partial charge in [-0.05, 0) is 12.1 Å². The highest BCUT2D eigenvalue weighted by molar-refractivity contribution is 6.21. The fraction of sp³-hybridized carbons (Fsp3) is 0.400. The molecule has 1 aliphatic carbocycles. The van der Waals surface area contributed by atoms with E-state index in [4.69, 9.17) is 16.3 Å². The van der Waals surface area contributed by atoms with E-state index in [9.17, 15) is 8.78 Å². The molecule has 0 spiro atoms. The van der Waals surface area contributed by atoms with Crippen LogP contribution in [0, 0.1) is 11.6 Å². The van der Waals surface area contributed by atoms with Crippen molar-refractivity contribution in [2.24, 2.45) is 0 Å². The molecule has 1 aromatic carbocycles. The van der Waals surface area contributed by atoms with E-state index in [2.05, 4.69) is 0 Å². The Morgan fingerprint density at radius 3 is 2.64 bits per heavy atom. The summed E-state index contributed by atoms with van der Waals surface area (Å²) in [4.78, 5) is 0. The molecule has 0 atom stereocenters. The maximum Gasteiger partial charge on any atom is 0.165 e. The van der Waals surface area contributed by atoms with Crippen molar-refractivity contribution in [1.29, 1.82) is 0 Å². The molecule has 0 radical (unpaired) electrons. The number of ether oxygens (including phenoxy) is 1. The van der Waals surface area contributed by atoms with Crippen LogP contribution in [0.3, 0.4) is 0 Å². The van der Waals surface area contributed by atoms with Gasteiger partial charge in [-0.15, -0.1) is 11.6 Å². The van der Waals surface area contributed by atoms with Gasteiger partial charge in [-0.2, -0.15) is 0 Å². The SMILES string of the molecule is Fc1ccc(F)c(OC2CC(Cl)C2)c1. The van der Waals surface area contributed by atoms with Crippen LogP contribution < -0.4 is 4.74 Å². The molecule has 0 N–H and O–H groups in total. The molecule has 1 saturated carbocycles. The molecule has 0 saturated heterocycles. The van der Waals surface area contributed by atoms with Crippen LogP contribution in [0.15, 0.2) is 18.2 Å². The third-order valence-electron chi connectivity index (χ3n) is 2.22. The van der Waals surface area contributed by atoms with Crippen molar-refractivity contribution < 1.29 is 13.5 Å². The average Bonchev–Trinajstić information content (AvgIpc) is 2.09. The number of hydrogen-bond acceptors (Lipinski definition) is 1. The van der Waals surface area contributed by atoms with Crippen LogP contribution in [0.1, 0.15) is 12.8 Å². The Bertz CT molecular complexity index is 337. The van der Waals surface area contributed by atoms with Gasteiger partial charge in [-0.25, -0.2) is 8.78 Å². The van der Waals surface area contributed by atoms with Crippen LogP contribution >= 0.6 is 11.6 Å². The van der Waals surface area contributed by atoms with Crippen molar-refractivity contribution in [1.82, 2.24) is 0 Å². The Labute approximate surface area is 85.6 Å². The second kappa shape index (κ2) is 3.73. The van der Waals surface area contributed by atoms with Gasteiger partial charge in [-0.3, -0.25) is 0 Å². The zero-order valence-electron chi connectivity index (χ0n) is 7.34. The minimum Gasteiger partial charge on any atom is -0.487 e. The fourth-order valence-electron chi connectivity index (χ4n) is 1.34. The van der Waals surface area contributed by atoms with Gasteiger partial charge in [0.25, 0.3) is 0 Å². The Morgan fingerprint density at radius 1 is 1.29 bits per heavy atom. The molecule has 0 bridgehead atoms. The second-order valence-corrected chi connectivity index (χ2v) is 4.00. The maximum absolute atomic E-state index is 13.1. The standard InChI is InChI=1S/C10H9ClF2O/c11-6-3-8(4-6)14-10-5-7(12)1-2-9(10)13/h1-2,5-6,8H,3-4H2. The van der Waals surface area contributed by atoms with Gasteiger partial charge in [-0.1, -0.05) is 0 Å². The molecule has 0 aromatic heterocycles. The zero-order valence-corrected chi connectivity index (χ0v) is 8.10. The smallest absolute Gasteiger partial charge is 0.165 e. The van der Waals surface area contributed by atoms with E-state index in [1.54, 1.807) is 0 Å². The first-order valence-electron chi connectivity index (χ1n) is 4.41. The van der Waals surface area contributed by atoms with Gasteiger partial charge in [0.2, 0.25) is 0 Å². The summed E-state index contributed by atoms with van der Waals surface area (Å²) < 4.78 is 31.0. The highest BCUT2D eigenvalue weighted by atomic mass is 35.5. The molecular weight excluding hydrogens is 210 g/mol. The summed E-state index contributed by atoms with van der Waals surface area (Å²) in [5.74, 6) is -1.06. The van der Waals surface area contributed by atoms with Gasteiger partial charge in [0.1, 0.15) is 11.9 Å². The third-order valence-corrected chi connectivity index (χ3v) is 2.58. The summed E-state index contributed by atoms with van der Waals surface area (Å²) in [6, 6.07) is 3.17. The van der Waals surface area contributed by atoms with Crippen molar-refractivity contribution in [2.45, 2.75) is 24.3 Å². The normalized spacial score (nSPS) is 25.6. The average molecular weight is 219 g/mol. The molecule has 0 aliphatic heterocycles. The van der Waals surface area contributed by atoms with Crippen LogP contribution in [0.4, 0.5) is 8.78 Å². The van der Waals surface area contributed by atoms with Crippen molar-refractivity contribution in [3.05, 3.63) is 29.8 Å². The Morgan fingerprint density at radius 2 is 2.00 bits per heavy atom. The summed E-state index contributed by atoms with van der Waals surface area (Å²) in [5, 5.41) is 0.108. The highest BCUT2D eigenvalue weighted by Crippen LogP contribution is 2.31. The largest absolute Gasteiger partial charge is 0.487 e. The highest BCUT2D eigenvalue weighted by Gasteiger charge is 2.29. The monoisotopic (exact) mass is 218 g/mol. The lowest BCUT2D eigenvalue weighted by Gasteiger charge is -2.31. The van der Waals surface area contributed by atoms with E-state index in [0.717, 1.165) is 18.2 Å². The lowest BCUT2D eigenvalue weighted by molar-refractivity contribution is 0.118. The minimum atomic E-state index is -0.538. The van der Waals surface area contributed by atoms with Gasteiger partial charge in [0, 0.05) is 24.3 Å². The molecule has 0 heterocycles. The molecule has 1 aliphatic rings. The van der Waals surface area contributed by atoms with Crippen LogP contribution in [0.25, 0.3) is 0 Å². The molecule has 76 valence electrons. The predicted molar refractivity (Wildman–Crippen MR) is 49.6 cm³/mol. The molecule has 0 unspecified atom stereocenters. The number of benzene rings is 1. The summed E-state index contributed by atoms with van der Waals surface area (Å²) >= 11 is 5.73. The zero-order chi connectivity index (χ0) is 10.1. The summed E-state index contributed by atoms with van der Waals surface area (Å²) in [7, 11) is 0. The molecule has 14 heavy (non-hydrogen) atoms. The molecule has 2 rings (SSSR count). The molecule has 4 heteroatoms. The quantitative estimate of drug-likeness (QED) is 0.693. The Hall–Kier alpha value is -0.830. The Balaban J connectivity index is 2.05. The van der Waals surface area contributed by atoms with E-state index in [-0.39, 0.29) is 17.2 Å². The van der Waals surface area contributed by atoms with Crippen LogP contribution in [0.2, 0.25) is 0 Å². The van der Waals surface area contributed by atoms with E-state index in [1.807, 2.05) is 0 Å². The maximum atomic E-state index is 13.1. The third kappa shape index (κ3) is 1.98. The molecular formula is C10H9ClF2O. The molecule has 1 nitrogen and oxygen atoms in total. The van der Waals surface area contributed by atoms with Crippen molar-refractivity contribution in [2.75, 3.05) is 0 Å². The number of hydrogen-bond donors (Lipinski definition) is 0. The summed E-state index contributed by atoms with van der Waals surface area (Å²) in [6.07, 6.45) is 1.31. The first-order valence-corrected chi connectivity index (χ1v) is 4.84. The number of halogens is 3. The fourth-order valence-corrected chi connectivity index (χ4v) is 1.74. The summed E-state index contributed by atoms with van der Waals surface area (Å²) in [5.41, 5.74) is 0. The lowest BCUT2D eigenvalue weighted by atomic mass is 9.95. The molecule has 0 amide bonds. The van der Waals surface area contributed by atoms with Crippen molar-refractivity contribution in [3.63, 3.8) is 0 Å². The molecule has 1 aromatic rings. The first-order chi connectivity index (χ1) is 6.65.